The van der Waals surface area contributed by atoms with Gasteiger partial charge in [0.1, 0.15) is 0 Å². The average molecular weight is 393 g/mol. The van der Waals surface area contributed by atoms with Crippen molar-refractivity contribution in [3.05, 3.63) is 42.2 Å². The van der Waals surface area contributed by atoms with Crippen LogP contribution >= 0.6 is 12.4 Å². The van der Waals surface area contributed by atoms with Crippen molar-refractivity contribution >= 4 is 35.7 Å². The number of anilines is 2. The predicted molar refractivity (Wildman–Crippen MR) is 108 cm³/mol. The van der Waals surface area contributed by atoms with Crippen molar-refractivity contribution < 1.29 is 9.59 Å². The van der Waals surface area contributed by atoms with Crippen molar-refractivity contribution in [3.63, 3.8) is 0 Å². The summed E-state index contributed by atoms with van der Waals surface area (Å²) in [6, 6.07) is 8.73. The van der Waals surface area contributed by atoms with Crippen LogP contribution in [0.25, 0.3) is 0 Å². The molecule has 3 rings (SSSR count). The molecule has 1 aliphatic heterocycles. The highest BCUT2D eigenvalue weighted by atomic mass is 35.5. The molecule has 1 aliphatic rings. The van der Waals surface area contributed by atoms with E-state index in [9.17, 15) is 9.59 Å². The van der Waals surface area contributed by atoms with Crippen LogP contribution in [0.15, 0.2) is 36.5 Å². The number of carbonyl (C=O) groups is 2. The van der Waals surface area contributed by atoms with E-state index in [0.717, 1.165) is 25.9 Å². The molecule has 0 bridgehead atoms. The quantitative estimate of drug-likeness (QED) is 0.628. The second kappa shape index (κ2) is 9.94. The molecule has 1 unspecified atom stereocenters. The molecule has 1 saturated heterocycles. The van der Waals surface area contributed by atoms with Crippen LogP contribution in [-0.4, -0.2) is 41.4 Å². The Morgan fingerprint density at radius 1 is 1.26 bits per heavy atom. The van der Waals surface area contributed by atoms with Crippen LogP contribution in [-0.2, 0) is 0 Å². The number of nitrogens with zero attached hydrogens (tertiary/aromatic N) is 2. The number of urea groups is 1. The Morgan fingerprint density at radius 2 is 2.04 bits per heavy atom. The van der Waals surface area contributed by atoms with Crippen molar-refractivity contribution in [1.82, 2.24) is 20.4 Å². The van der Waals surface area contributed by atoms with Gasteiger partial charge in [0.25, 0.3) is 5.91 Å². The van der Waals surface area contributed by atoms with E-state index in [4.69, 9.17) is 0 Å². The van der Waals surface area contributed by atoms with E-state index < -0.39 is 0 Å². The number of halogens is 1. The Bertz CT molecular complexity index is 773. The smallest absolute Gasteiger partial charge is 0.319 e. The third kappa shape index (κ3) is 5.70. The minimum absolute atomic E-state index is 0. The summed E-state index contributed by atoms with van der Waals surface area (Å²) in [4.78, 5) is 24.0. The Hall–Kier alpha value is -2.58. The Balaban J connectivity index is 0.00000261. The molecule has 0 spiro atoms. The molecule has 2 heterocycles. The van der Waals surface area contributed by atoms with Gasteiger partial charge in [-0.2, -0.15) is 5.10 Å². The van der Waals surface area contributed by atoms with Gasteiger partial charge in [0.2, 0.25) is 0 Å². The van der Waals surface area contributed by atoms with Gasteiger partial charge < -0.3 is 21.3 Å². The molecule has 3 amide bonds. The van der Waals surface area contributed by atoms with Gasteiger partial charge >= 0.3 is 6.03 Å². The molecule has 1 aromatic carbocycles. The van der Waals surface area contributed by atoms with E-state index >= 15 is 0 Å². The topological polar surface area (TPSA) is 100 Å². The lowest BCUT2D eigenvalue weighted by Crippen LogP contribution is -2.32. The number of hydrogen-bond donors (Lipinski definition) is 4. The fourth-order valence-electron chi connectivity index (χ4n) is 2.93. The van der Waals surface area contributed by atoms with E-state index in [-0.39, 0.29) is 30.4 Å². The highest BCUT2D eigenvalue weighted by Gasteiger charge is 2.17. The minimum atomic E-state index is -0.282. The third-order valence-corrected chi connectivity index (χ3v) is 4.20. The van der Waals surface area contributed by atoms with Gasteiger partial charge in [0, 0.05) is 30.7 Å². The molecule has 27 heavy (non-hydrogen) atoms. The molecule has 146 valence electrons. The molecule has 1 atom stereocenters. The van der Waals surface area contributed by atoms with Crippen LogP contribution in [0.5, 0.6) is 0 Å². The maximum Gasteiger partial charge on any atom is 0.319 e. The van der Waals surface area contributed by atoms with Crippen molar-refractivity contribution in [2.75, 3.05) is 30.3 Å². The molecule has 1 aromatic heterocycles. The van der Waals surface area contributed by atoms with E-state index in [0.29, 0.717) is 23.6 Å². The van der Waals surface area contributed by atoms with Crippen LogP contribution < -0.4 is 21.3 Å². The number of rotatable bonds is 5. The zero-order valence-electron chi connectivity index (χ0n) is 15.2. The predicted octanol–water partition coefficient (Wildman–Crippen LogP) is 2.62. The summed E-state index contributed by atoms with van der Waals surface area (Å²) in [6.45, 7) is 4.29. The number of nitrogens with one attached hydrogen (secondary N) is 4. The van der Waals surface area contributed by atoms with E-state index in [2.05, 4.69) is 26.4 Å². The first-order valence-electron chi connectivity index (χ1n) is 8.88. The van der Waals surface area contributed by atoms with Crippen molar-refractivity contribution in [2.45, 2.75) is 25.8 Å². The molecular weight excluding hydrogens is 368 g/mol. The summed E-state index contributed by atoms with van der Waals surface area (Å²) in [7, 11) is 0. The molecule has 0 aliphatic carbocycles. The first-order valence-corrected chi connectivity index (χ1v) is 8.88. The summed E-state index contributed by atoms with van der Waals surface area (Å²) < 4.78 is 1.86. The van der Waals surface area contributed by atoms with Gasteiger partial charge in [-0.05, 0) is 50.6 Å². The van der Waals surface area contributed by atoms with Crippen molar-refractivity contribution in [2.24, 2.45) is 0 Å². The van der Waals surface area contributed by atoms with E-state index in [1.807, 2.05) is 17.8 Å². The van der Waals surface area contributed by atoms with Gasteiger partial charge in [-0.1, -0.05) is 6.07 Å². The van der Waals surface area contributed by atoms with Crippen molar-refractivity contribution in [1.29, 1.82) is 0 Å². The Labute approximate surface area is 164 Å². The summed E-state index contributed by atoms with van der Waals surface area (Å²) in [5.41, 5.74) is 1.57. The van der Waals surface area contributed by atoms with E-state index in [1.165, 1.54) is 0 Å². The molecular formula is C18H25ClN6O2. The standard InChI is InChI=1S/C18H24N6O2.ClH/c1-2-20-18(26)22-14-6-3-5-13(11-14)21-17(25)16-8-10-24(23-16)15-7-4-9-19-12-15;/h3,5-6,8,10-11,15,19H,2,4,7,9,12H2,1H3,(H,21,25)(H2,20,22,26);1H. The lowest BCUT2D eigenvalue weighted by atomic mass is 10.1. The molecule has 9 heteroatoms. The molecule has 2 aromatic rings. The summed E-state index contributed by atoms with van der Waals surface area (Å²) in [5, 5.41) is 15.9. The van der Waals surface area contributed by atoms with Gasteiger partial charge in [-0.3, -0.25) is 9.48 Å². The lowest BCUT2D eigenvalue weighted by molar-refractivity contribution is 0.102. The zero-order chi connectivity index (χ0) is 18.4. The van der Waals surface area contributed by atoms with Crippen LogP contribution in [0.1, 0.15) is 36.3 Å². The summed E-state index contributed by atoms with van der Waals surface area (Å²) in [6.07, 6.45) is 4.01. The number of piperidine rings is 1. The van der Waals surface area contributed by atoms with E-state index in [1.54, 1.807) is 30.3 Å². The Morgan fingerprint density at radius 3 is 2.74 bits per heavy atom. The molecule has 0 saturated carbocycles. The number of benzene rings is 1. The van der Waals surface area contributed by atoms with Crippen LogP contribution in [0.3, 0.4) is 0 Å². The highest BCUT2D eigenvalue weighted by Crippen LogP contribution is 2.18. The molecule has 4 N–H and O–H groups in total. The fraction of sp³-hybridized carbons (Fsp3) is 0.389. The first kappa shape index (κ1) is 20.7. The highest BCUT2D eigenvalue weighted by molar-refractivity contribution is 6.03. The average Bonchev–Trinajstić information content (AvgIpc) is 3.13. The number of hydrogen-bond acceptors (Lipinski definition) is 4. The van der Waals surface area contributed by atoms with Gasteiger partial charge in [0.05, 0.1) is 6.04 Å². The SMILES string of the molecule is CCNC(=O)Nc1cccc(NC(=O)c2ccn(C3CCCNC3)n2)c1.Cl. The summed E-state index contributed by atoms with van der Waals surface area (Å²) >= 11 is 0. The maximum atomic E-state index is 12.4. The zero-order valence-corrected chi connectivity index (χ0v) is 16.0. The number of aromatic nitrogens is 2. The van der Waals surface area contributed by atoms with Gasteiger partial charge in [0.15, 0.2) is 5.69 Å². The Kier molecular flexibility index (Phi) is 7.63. The second-order valence-electron chi connectivity index (χ2n) is 6.20. The van der Waals surface area contributed by atoms with Gasteiger partial charge in [-0.15, -0.1) is 12.4 Å². The monoisotopic (exact) mass is 392 g/mol. The molecule has 1 fully saturated rings. The number of amides is 3. The van der Waals surface area contributed by atoms with Crippen LogP contribution in [0.2, 0.25) is 0 Å². The third-order valence-electron chi connectivity index (χ3n) is 4.20. The summed E-state index contributed by atoms with van der Waals surface area (Å²) in [5.74, 6) is -0.275. The first-order chi connectivity index (χ1) is 12.7. The van der Waals surface area contributed by atoms with Crippen LogP contribution in [0, 0.1) is 0 Å². The largest absolute Gasteiger partial charge is 0.338 e. The maximum absolute atomic E-state index is 12.4. The molecule has 8 nitrogen and oxygen atoms in total. The molecule has 0 radical (unpaired) electrons. The lowest BCUT2D eigenvalue weighted by Gasteiger charge is -2.22. The normalized spacial score (nSPS) is 16.1. The van der Waals surface area contributed by atoms with Crippen molar-refractivity contribution in [3.8, 4) is 0 Å². The number of carbonyl (C=O) groups excluding carboxylic acids is 2. The minimum Gasteiger partial charge on any atom is -0.338 e. The van der Waals surface area contributed by atoms with Gasteiger partial charge in [-0.25, -0.2) is 4.79 Å². The second-order valence-corrected chi connectivity index (χ2v) is 6.20. The fourth-order valence-corrected chi connectivity index (χ4v) is 2.93. The van der Waals surface area contributed by atoms with Crippen LogP contribution in [0.4, 0.5) is 16.2 Å².